The van der Waals surface area contributed by atoms with Gasteiger partial charge in [0.25, 0.3) is 0 Å². The van der Waals surface area contributed by atoms with Crippen LogP contribution in [0.2, 0.25) is 0 Å². The maximum absolute atomic E-state index is 12.8. The first-order chi connectivity index (χ1) is 11.0. The lowest BCUT2D eigenvalue weighted by Crippen LogP contribution is -2.28. The zero-order valence-electron chi connectivity index (χ0n) is 13.1. The zero-order valence-corrected chi connectivity index (χ0v) is 13.9. The summed E-state index contributed by atoms with van der Waals surface area (Å²) in [5.41, 5.74) is 1.22. The lowest BCUT2D eigenvalue weighted by atomic mass is 10.2. The summed E-state index contributed by atoms with van der Waals surface area (Å²) in [6.45, 7) is 1.95. The fourth-order valence-corrected chi connectivity index (χ4v) is 3.30. The van der Waals surface area contributed by atoms with Crippen LogP contribution < -0.4 is 4.72 Å². The molecule has 6 heteroatoms. The van der Waals surface area contributed by atoms with Gasteiger partial charge in [-0.05, 0) is 49.8 Å². The molecule has 0 spiro atoms. The third-order valence-corrected chi connectivity index (χ3v) is 4.90. The molecule has 2 aromatic carbocycles. The van der Waals surface area contributed by atoms with Crippen LogP contribution in [0.25, 0.3) is 0 Å². The van der Waals surface area contributed by atoms with Gasteiger partial charge >= 0.3 is 0 Å². The van der Waals surface area contributed by atoms with Crippen molar-refractivity contribution in [2.45, 2.75) is 17.9 Å². The van der Waals surface area contributed by atoms with Gasteiger partial charge in [0.15, 0.2) is 0 Å². The number of nitrogens with one attached hydrogen (secondary N) is 1. The van der Waals surface area contributed by atoms with E-state index in [9.17, 15) is 12.8 Å². The molecular weight excluding hydrogens is 315 g/mol. The van der Waals surface area contributed by atoms with Crippen molar-refractivity contribution in [3.05, 3.63) is 66.0 Å². The molecule has 124 valence electrons. The highest BCUT2D eigenvalue weighted by atomic mass is 32.2. The molecule has 0 radical (unpaired) electrons. The van der Waals surface area contributed by atoms with Crippen LogP contribution in [0.4, 0.5) is 4.39 Å². The van der Waals surface area contributed by atoms with Gasteiger partial charge in [0, 0.05) is 13.1 Å². The Morgan fingerprint density at radius 3 is 2.35 bits per heavy atom. The number of hydrogen-bond acceptors (Lipinski definition) is 3. The summed E-state index contributed by atoms with van der Waals surface area (Å²) in [4.78, 5) is 2.22. The van der Waals surface area contributed by atoms with Crippen LogP contribution >= 0.6 is 0 Å². The Balaban J connectivity index is 1.75. The third kappa shape index (κ3) is 5.74. The van der Waals surface area contributed by atoms with Crippen molar-refractivity contribution in [2.24, 2.45) is 0 Å². The number of rotatable bonds is 8. The van der Waals surface area contributed by atoms with Crippen molar-refractivity contribution in [2.75, 3.05) is 20.1 Å². The molecule has 4 nitrogen and oxygen atoms in total. The second-order valence-corrected chi connectivity index (χ2v) is 7.20. The lowest BCUT2D eigenvalue weighted by molar-refractivity contribution is 0.322. The van der Waals surface area contributed by atoms with Crippen molar-refractivity contribution >= 4 is 10.0 Å². The van der Waals surface area contributed by atoms with E-state index in [1.807, 2.05) is 25.2 Å². The summed E-state index contributed by atoms with van der Waals surface area (Å²) in [6, 6.07) is 14.9. The molecule has 0 atom stereocenters. The Bertz CT molecular complexity index is 703. The van der Waals surface area contributed by atoms with Gasteiger partial charge in [-0.2, -0.15) is 0 Å². The first kappa shape index (κ1) is 17.6. The second-order valence-electron chi connectivity index (χ2n) is 5.43. The van der Waals surface area contributed by atoms with Gasteiger partial charge in [0.1, 0.15) is 5.82 Å². The van der Waals surface area contributed by atoms with E-state index in [1.54, 1.807) is 0 Å². The summed E-state index contributed by atoms with van der Waals surface area (Å²) in [5.74, 6) is -0.452. The van der Waals surface area contributed by atoms with Crippen LogP contribution in [0.5, 0.6) is 0 Å². The zero-order chi connectivity index (χ0) is 16.7. The highest BCUT2D eigenvalue weighted by molar-refractivity contribution is 7.89. The molecule has 2 aromatic rings. The molecule has 0 saturated carbocycles. The molecule has 1 N–H and O–H groups in total. The average molecular weight is 336 g/mol. The fraction of sp³-hybridized carbons (Fsp3) is 0.294. The maximum Gasteiger partial charge on any atom is 0.240 e. The summed E-state index contributed by atoms with van der Waals surface area (Å²) in [5, 5.41) is 0. The number of sulfonamides is 1. The normalized spacial score (nSPS) is 11.8. The summed E-state index contributed by atoms with van der Waals surface area (Å²) in [7, 11) is -1.57. The van der Waals surface area contributed by atoms with Crippen LogP contribution in [0.1, 0.15) is 12.0 Å². The van der Waals surface area contributed by atoms with Crippen LogP contribution in [0.3, 0.4) is 0 Å². The molecule has 0 bridgehead atoms. The van der Waals surface area contributed by atoms with Crippen molar-refractivity contribution in [1.29, 1.82) is 0 Å². The van der Waals surface area contributed by atoms with Gasteiger partial charge in [0.05, 0.1) is 4.90 Å². The highest BCUT2D eigenvalue weighted by Gasteiger charge is 2.13. The van der Waals surface area contributed by atoms with E-state index >= 15 is 0 Å². The van der Waals surface area contributed by atoms with Gasteiger partial charge in [0.2, 0.25) is 10.0 Å². The number of nitrogens with zero attached hydrogens (tertiary/aromatic N) is 1. The molecule has 0 aliphatic rings. The van der Waals surface area contributed by atoms with Crippen LogP contribution in [-0.4, -0.2) is 33.5 Å². The van der Waals surface area contributed by atoms with E-state index in [-0.39, 0.29) is 4.90 Å². The van der Waals surface area contributed by atoms with E-state index in [0.29, 0.717) is 13.0 Å². The van der Waals surface area contributed by atoms with Crippen molar-refractivity contribution < 1.29 is 12.8 Å². The smallest absolute Gasteiger partial charge is 0.240 e. The Morgan fingerprint density at radius 1 is 1.04 bits per heavy atom. The Kier molecular flexibility index (Phi) is 6.27. The number of halogens is 1. The van der Waals surface area contributed by atoms with E-state index in [4.69, 9.17) is 0 Å². The molecular formula is C17H21FN2O2S. The number of benzene rings is 2. The van der Waals surface area contributed by atoms with Gasteiger partial charge in [-0.25, -0.2) is 17.5 Å². The molecule has 0 unspecified atom stereocenters. The first-order valence-electron chi connectivity index (χ1n) is 7.45. The minimum Gasteiger partial charge on any atom is -0.302 e. The molecule has 0 aliphatic carbocycles. The monoisotopic (exact) mass is 336 g/mol. The standard InChI is InChI=1S/C17H21FN2O2S/c1-20(14-15-6-3-2-4-7-15)13-5-12-19-23(21,22)17-10-8-16(18)9-11-17/h2-4,6-11,19H,5,12-14H2,1H3. The molecule has 23 heavy (non-hydrogen) atoms. The molecule has 0 heterocycles. The molecule has 0 saturated heterocycles. The Hall–Kier alpha value is -1.76. The summed E-state index contributed by atoms with van der Waals surface area (Å²) < 4.78 is 39.4. The van der Waals surface area contributed by atoms with E-state index in [2.05, 4.69) is 21.8 Å². The first-order valence-corrected chi connectivity index (χ1v) is 8.93. The molecule has 2 rings (SSSR count). The maximum atomic E-state index is 12.8. The topological polar surface area (TPSA) is 49.4 Å². The molecule has 0 fully saturated rings. The van der Waals surface area contributed by atoms with E-state index in [0.717, 1.165) is 25.2 Å². The highest BCUT2D eigenvalue weighted by Crippen LogP contribution is 2.09. The molecule has 0 aliphatic heterocycles. The van der Waals surface area contributed by atoms with Crippen LogP contribution in [0.15, 0.2) is 59.5 Å². The Labute approximate surface area is 137 Å². The lowest BCUT2D eigenvalue weighted by Gasteiger charge is -2.16. The largest absolute Gasteiger partial charge is 0.302 e. The van der Waals surface area contributed by atoms with Crippen molar-refractivity contribution in [1.82, 2.24) is 9.62 Å². The third-order valence-electron chi connectivity index (χ3n) is 3.43. The fourth-order valence-electron chi connectivity index (χ4n) is 2.23. The van der Waals surface area contributed by atoms with Gasteiger partial charge in [-0.3, -0.25) is 0 Å². The quantitative estimate of drug-likeness (QED) is 0.754. The molecule has 0 amide bonds. The summed E-state index contributed by atoms with van der Waals surface area (Å²) in [6.07, 6.45) is 0.698. The predicted molar refractivity (Wildman–Crippen MR) is 89.0 cm³/mol. The average Bonchev–Trinajstić information content (AvgIpc) is 2.53. The van der Waals surface area contributed by atoms with Crippen LogP contribution in [-0.2, 0) is 16.6 Å². The molecule has 0 aromatic heterocycles. The van der Waals surface area contributed by atoms with E-state index in [1.165, 1.54) is 17.7 Å². The SMILES string of the molecule is CN(CCCNS(=O)(=O)c1ccc(F)cc1)Cc1ccccc1. The van der Waals surface area contributed by atoms with Gasteiger partial charge in [-0.15, -0.1) is 0 Å². The predicted octanol–water partition coefficient (Wildman–Crippen LogP) is 2.63. The summed E-state index contributed by atoms with van der Waals surface area (Å²) >= 11 is 0. The van der Waals surface area contributed by atoms with Crippen LogP contribution in [0, 0.1) is 5.82 Å². The van der Waals surface area contributed by atoms with E-state index < -0.39 is 15.8 Å². The Morgan fingerprint density at radius 2 is 1.70 bits per heavy atom. The van der Waals surface area contributed by atoms with Gasteiger partial charge < -0.3 is 4.90 Å². The van der Waals surface area contributed by atoms with Crippen molar-refractivity contribution in [3.8, 4) is 0 Å². The van der Waals surface area contributed by atoms with Gasteiger partial charge in [-0.1, -0.05) is 30.3 Å². The minimum atomic E-state index is -3.57. The van der Waals surface area contributed by atoms with Crippen molar-refractivity contribution in [3.63, 3.8) is 0 Å². The number of hydrogen-bond donors (Lipinski definition) is 1. The second kappa shape index (κ2) is 8.19. The minimum absolute atomic E-state index is 0.0801.